The number of carbonyl (C=O) groups is 1. The molecule has 0 saturated carbocycles. The van der Waals surface area contributed by atoms with Crippen LogP contribution < -0.4 is 5.73 Å². The van der Waals surface area contributed by atoms with Gasteiger partial charge >= 0.3 is 6.09 Å². The number of nitrogens with two attached hydrogens (primary N) is 1. The molecule has 0 aliphatic rings. The highest BCUT2D eigenvalue weighted by atomic mass is 16.5. The van der Waals surface area contributed by atoms with Crippen LogP contribution in [0.15, 0.2) is 30.3 Å². The van der Waals surface area contributed by atoms with Crippen molar-refractivity contribution in [3.05, 3.63) is 35.9 Å². The van der Waals surface area contributed by atoms with Crippen molar-refractivity contribution in [2.24, 2.45) is 11.7 Å². The molecule has 0 aliphatic heterocycles. The molecule has 4 nitrogen and oxygen atoms in total. The molecule has 1 amide bonds. The van der Waals surface area contributed by atoms with Gasteiger partial charge < -0.3 is 15.2 Å². The smallest absolute Gasteiger partial charge is 0.404 e. The number of carbonyl (C=O) groups excluding carboxylic acids is 1. The number of ether oxygens (including phenoxy) is 2. The van der Waals surface area contributed by atoms with Gasteiger partial charge in [0.25, 0.3) is 0 Å². The summed E-state index contributed by atoms with van der Waals surface area (Å²) in [6.45, 7) is 3.35. The average molecular weight is 223 g/mol. The van der Waals surface area contributed by atoms with Crippen molar-refractivity contribution in [1.82, 2.24) is 0 Å². The highest BCUT2D eigenvalue weighted by Gasteiger charge is 2.04. The number of primary amides is 1. The van der Waals surface area contributed by atoms with Gasteiger partial charge in [0.2, 0.25) is 0 Å². The lowest BCUT2D eigenvalue weighted by atomic mass is 10.2. The van der Waals surface area contributed by atoms with Crippen molar-refractivity contribution in [3.63, 3.8) is 0 Å². The maximum absolute atomic E-state index is 10.4. The summed E-state index contributed by atoms with van der Waals surface area (Å²) in [6.07, 6.45) is -0.741. The van der Waals surface area contributed by atoms with Gasteiger partial charge in [-0.25, -0.2) is 4.79 Å². The third kappa shape index (κ3) is 5.36. The Hall–Kier alpha value is -1.55. The van der Waals surface area contributed by atoms with Gasteiger partial charge in [-0.1, -0.05) is 37.3 Å². The molecule has 0 saturated heterocycles. The van der Waals surface area contributed by atoms with Crippen molar-refractivity contribution >= 4 is 6.09 Å². The topological polar surface area (TPSA) is 61.6 Å². The van der Waals surface area contributed by atoms with Crippen LogP contribution in [-0.2, 0) is 16.1 Å². The highest BCUT2D eigenvalue weighted by Crippen LogP contribution is 2.03. The first-order chi connectivity index (χ1) is 7.68. The minimum Gasteiger partial charge on any atom is -0.449 e. The van der Waals surface area contributed by atoms with Crippen LogP contribution in [0.1, 0.15) is 12.5 Å². The van der Waals surface area contributed by atoms with E-state index in [-0.39, 0.29) is 5.92 Å². The van der Waals surface area contributed by atoms with Crippen LogP contribution in [0.4, 0.5) is 4.79 Å². The quantitative estimate of drug-likeness (QED) is 0.801. The minimum atomic E-state index is -0.741. The van der Waals surface area contributed by atoms with E-state index >= 15 is 0 Å². The Morgan fingerprint density at radius 3 is 2.62 bits per heavy atom. The van der Waals surface area contributed by atoms with Gasteiger partial charge in [-0.15, -0.1) is 0 Å². The van der Waals surface area contributed by atoms with Crippen molar-refractivity contribution < 1.29 is 14.3 Å². The van der Waals surface area contributed by atoms with E-state index in [9.17, 15) is 4.79 Å². The molecule has 0 spiro atoms. The van der Waals surface area contributed by atoms with Crippen LogP contribution in [0.3, 0.4) is 0 Å². The maximum Gasteiger partial charge on any atom is 0.404 e. The molecular weight excluding hydrogens is 206 g/mol. The molecule has 16 heavy (non-hydrogen) atoms. The third-order valence-corrected chi connectivity index (χ3v) is 2.02. The van der Waals surface area contributed by atoms with Gasteiger partial charge in [0.15, 0.2) is 0 Å². The minimum absolute atomic E-state index is 0.149. The second-order valence-corrected chi connectivity index (χ2v) is 3.74. The summed E-state index contributed by atoms with van der Waals surface area (Å²) in [7, 11) is 0. The lowest BCUT2D eigenvalue weighted by molar-refractivity contribution is 0.0614. The molecule has 0 fully saturated rings. The fourth-order valence-corrected chi connectivity index (χ4v) is 1.22. The second kappa shape index (κ2) is 6.85. The van der Waals surface area contributed by atoms with Gasteiger partial charge in [-0.05, 0) is 5.56 Å². The Morgan fingerprint density at radius 1 is 1.31 bits per heavy atom. The zero-order chi connectivity index (χ0) is 11.8. The molecule has 0 aromatic heterocycles. The molecule has 88 valence electrons. The Kier molecular flexibility index (Phi) is 5.36. The Balaban J connectivity index is 2.13. The van der Waals surface area contributed by atoms with E-state index in [0.717, 1.165) is 5.56 Å². The van der Waals surface area contributed by atoms with Crippen LogP contribution >= 0.6 is 0 Å². The molecule has 0 radical (unpaired) electrons. The number of hydrogen-bond acceptors (Lipinski definition) is 3. The Labute approximate surface area is 95.3 Å². The molecular formula is C12H17NO3. The van der Waals surface area contributed by atoms with E-state index < -0.39 is 6.09 Å². The molecule has 4 heteroatoms. The normalized spacial score (nSPS) is 12.1. The van der Waals surface area contributed by atoms with Gasteiger partial charge in [0.05, 0.1) is 19.8 Å². The van der Waals surface area contributed by atoms with E-state index in [0.29, 0.717) is 19.8 Å². The molecule has 2 N–H and O–H groups in total. The fraction of sp³-hybridized carbons (Fsp3) is 0.417. The van der Waals surface area contributed by atoms with Gasteiger partial charge in [0, 0.05) is 5.92 Å². The predicted molar refractivity (Wildman–Crippen MR) is 60.8 cm³/mol. The third-order valence-electron chi connectivity index (χ3n) is 2.02. The summed E-state index contributed by atoms with van der Waals surface area (Å²) in [5.74, 6) is 0.149. The first kappa shape index (κ1) is 12.5. The van der Waals surface area contributed by atoms with Gasteiger partial charge in [-0.2, -0.15) is 0 Å². The van der Waals surface area contributed by atoms with Crippen molar-refractivity contribution in [3.8, 4) is 0 Å². The summed E-state index contributed by atoms with van der Waals surface area (Å²) in [5.41, 5.74) is 5.99. The number of hydrogen-bond donors (Lipinski definition) is 1. The molecule has 0 aliphatic carbocycles. The summed E-state index contributed by atoms with van der Waals surface area (Å²) in [6, 6.07) is 9.92. The van der Waals surface area contributed by atoms with E-state index in [1.807, 2.05) is 37.3 Å². The van der Waals surface area contributed by atoms with E-state index in [2.05, 4.69) is 4.74 Å². The van der Waals surface area contributed by atoms with E-state index in [1.165, 1.54) is 0 Å². The Morgan fingerprint density at radius 2 is 2.00 bits per heavy atom. The molecule has 1 rings (SSSR count). The highest BCUT2D eigenvalue weighted by molar-refractivity contribution is 5.64. The van der Waals surface area contributed by atoms with Crippen LogP contribution in [0.2, 0.25) is 0 Å². The molecule has 0 heterocycles. The lowest BCUT2D eigenvalue weighted by Gasteiger charge is -2.11. The predicted octanol–water partition coefficient (Wildman–Crippen LogP) is 1.93. The lowest BCUT2D eigenvalue weighted by Crippen LogP contribution is -2.20. The SMILES string of the molecule is C[C@@H](COCc1ccccc1)COC(N)=O. The number of amides is 1. The van der Waals surface area contributed by atoms with Gasteiger partial charge in [-0.3, -0.25) is 0 Å². The standard InChI is InChI=1S/C12H17NO3/c1-10(8-16-12(13)14)7-15-9-11-5-3-2-4-6-11/h2-6,10H,7-9H2,1H3,(H2,13,14)/t10-/m0/s1. The monoisotopic (exact) mass is 223 g/mol. The second-order valence-electron chi connectivity index (χ2n) is 3.74. The fourth-order valence-electron chi connectivity index (χ4n) is 1.22. The molecule has 0 bridgehead atoms. The first-order valence-electron chi connectivity index (χ1n) is 5.22. The first-order valence-corrected chi connectivity index (χ1v) is 5.22. The van der Waals surface area contributed by atoms with E-state index in [1.54, 1.807) is 0 Å². The summed E-state index contributed by atoms with van der Waals surface area (Å²) >= 11 is 0. The van der Waals surface area contributed by atoms with Crippen molar-refractivity contribution in [1.29, 1.82) is 0 Å². The van der Waals surface area contributed by atoms with Crippen molar-refractivity contribution in [2.45, 2.75) is 13.5 Å². The van der Waals surface area contributed by atoms with Crippen LogP contribution in [-0.4, -0.2) is 19.3 Å². The maximum atomic E-state index is 10.4. The zero-order valence-electron chi connectivity index (χ0n) is 9.39. The van der Waals surface area contributed by atoms with Crippen LogP contribution in [0, 0.1) is 5.92 Å². The average Bonchev–Trinajstić information content (AvgIpc) is 2.28. The summed E-state index contributed by atoms with van der Waals surface area (Å²) in [5, 5.41) is 0. The number of benzene rings is 1. The van der Waals surface area contributed by atoms with Crippen LogP contribution in [0.5, 0.6) is 0 Å². The summed E-state index contributed by atoms with van der Waals surface area (Å²) < 4.78 is 10.1. The molecule has 1 aromatic carbocycles. The number of rotatable bonds is 6. The molecule has 1 atom stereocenters. The van der Waals surface area contributed by atoms with Crippen LogP contribution in [0.25, 0.3) is 0 Å². The molecule has 1 aromatic rings. The zero-order valence-corrected chi connectivity index (χ0v) is 9.39. The van der Waals surface area contributed by atoms with Crippen molar-refractivity contribution in [2.75, 3.05) is 13.2 Å². The van der Waals surface area contributed by atoms with Gasteiger partial charge in [0.1, 0.15) is 0 Å². The Bertz CT molecular complexity index is 313. The largest absolute Gasteiger partial charge is 0.449 e. The van der Waals surface area contributed by atoms with E-state index in [4.69, 9.17) is 10.5 Å². The molecule has 0 unspecified atom stereocenters. The summed E-state index contributed by atoms with van der Waals surface area (Å²) in [4.78, 5) is 10.4.